The van der Waals surface area contributed by atoms with Crippen LogP contribution in [-0.2, 0) is 6.18 Å². The van der Waals surface area contributed by atoms with E-state index in [-0.39, 0.29) is 23.5 Å². The van der Waals surface area contributed by atoms with E-state index in [1.165, 1.54) is 10.8 Å². The lowest BCUT2D eigenvalue weighted by Crippen LogP contribution is -2.05. The second-order valence-corrected chi connectivity index (χ2v) is 4.84. The van der Waals surface area contributed by atoms with E-state index in [0.29, 0.717) is 0 Å². The standard InChI is InChI=1S/C14H13F3N2O3/c1-8(2)19-7-11(12(20)21)18-13(19)22-10-5-3-9(4-6-10)14(15,16)17/h3-8H,1-2H3,(H,20,21). The second kappa shape index (κ2) is 5.70. The van der Waals surface area contributed by atoms with Gasteiger partial charge in [0, 0.05) is 12.2 Å². The van der Waals surface area contributed by atoms with Gasteiger partial charge in [0.2, 0.25) is 0 Å². The third-order valence-electron chi connectivity index (χ3n) is 2.86. The van der Waals surface area contributed by atoms with E-state index in [0.717, 1.165) is 24.3 Å². The van der Waals surface area contributed by atoms with Crippen LogP contribution in [0.5, 0.6) is 11.8 Å². The molecule has 1 heterocycles. The summed E-state index contributed by atoms with van der Waals surface area (Å²) in [6, 6.07) is 3.97. The fraction of sp³-hybridized carbons (Fsp3) is 0.286. The summed E-state index contributed by atoms with van der Waals surface area (Å²) in [6.07, 6.45) is -3.11. The van der Waals surface area contributed by atoms with Crippen molar-refractivity contribution >= 4 is 5.97 Å². The summed E-state index contributed by atoms with van der Waals surface area (Å²) in [5.74, 6) is -1.07. The Morgan fingerprint density at radius 1 is 1.27 bits per heavy atom. The van der Waals surface area contributed by atoms with Crippen LogP contribution in [0, 0.1) is 0 Å². The Morgan fingerprint density at radius 3 is 2.32 bits per heavy atom. The van der Waals surface area contributed by atoms with Gasteiger partial charge < -0.3 is 9.84 Å². The van der Waals surface area contributed by atoms with Crippen LogP contribution in [0.25, 0.3) is 0 Å². The summed E-state index contributed by atoms with van der Waals surface area (Å²) in [7, 11) is 0. The number of benzene rings is 1. The van der Waals surface area contributed by atoms with Crippen molar-refractivity contribution in [2.45, 2.75) is 26.1 Å². The van der Waals surface area contributed by atoms with Gasteiger partial charge in [-0.2, -0.15) is 18.2 Å². The number of aromatic nitrogens is 2. The highest BCUT2D eigenvalue weighted by atomic mass is 19.4. The number of carboxylic acids is 1. The molecule has 0 aliphatic heterocycles. The first kappa shape index (κ1) is 15.9. The first-order valence-corrected chi connectivity index (χ1v) is 6.35. The monoisotopic (exact) mass is 314 g/mol. The van der Waals surface area contributed by atoms with Crippen LogP contribution in [0.1, 0.15) is 35.9 Å². The summed E-state index contributed by atoms with van der Waals surface area (Å²) in [5, 5.41) is 8.94. The molecule has 0 aliphatic rings. The maximum atomic E-state index is 12.5. The van der Waals surface area contributed by atoms with Crippen LogP contribution < -0.4 is 4.74 Å². The van der Waals surface area contributed by atoms with Gasteiger partial charge in [-0.05, 0) is 38.1 Å². The van der Waals surface area contributed by atoms with Crippen molar-refractivity contribution in [2.24, 2.45) is 0 Å². The van der Waals surface area contributed by atoms with Crippen molar-refractivity contribution in [1.82, 2.24) is 9.55 Å². The lowest BCUT2D eigenvalue weighted by atomic mass is 10.2. The highest BCUT2D eigenvalue weighted by Gasteiger charge is 2.30. The average Bonchev–Trinajstić information content (AvgIpc) is 2.82. The van der Waals surface area contributed by atoms with E-state index < -0.39 is 17.7 Å². The Morgan fingerprint density at radius 2 is 1.86 bits per heavy atom. The zero-order valence-electron chi connectivity index (χ0n) is 11.8. The molecule has 0 fully saturated rings. The zero-order chi connectivity index (χ0) is 16.5. The summed E-state index contributed by atoms with van der Waals surface area (Å²) in [5.41, 5.74) is -0.992. The number of hydrogen-bond acceptors (Lipinski definition) is 3. The normalized spacial score (nSPS) is 11.7. The third-order valence-corrected chi connectivity index (χ3v) is 2.86. The molecule has 1 aromatic heterocycles. The Bertz CT molecular complexity index is 676. The van der Waals surface area contributed by atoms with Crippen LogP contribution in [-0.4, -0.2) is 20.6 Å². The summed E-state index contributed by atoms with van der Waals surface area (Å²) < 4.78 is 44.3. The molecule has 8 heteroatoms. The number of carbonyl (C=O) groups is 1. The van der Waals surface area contributed by atoms with Gasteiger partial charge in [-0.15, -0.1) is 0 Å². The Balaban J connectivity index is 2.28. The van der Waals surface area contributed by atoms with E-state index in [4.69, 9.17) is 9.84 Å². The molecule has 2 aromatic rings. The maximum Gasteiger partial charge on any atom is 0.416 e. The lowest BCUT2D eigenvalue weighted by molar-refractivity contribution is -0.137. The minimum absolute atomic E-state index is 0.00663. The first-order valence-electron chi connectivity index (χ1n) is 6.35. The molecule has 22 heavy (non-hydrogen) atoms. The van der Waals surface area contributed by atoms with E-state index in [1.54, 1.807) is 13.8 Å². The second-order valence-electron chi connectivity index (χ2n) is 4.84. The molecule has 0 aliphatic carbocycles. The van der Waals surface area contributed by atoms with Crippen molar-refractivity contribution in [3.05, 3.63) is 41.7 Å². The Hall–Kier alpha value is -2.51. The van der Waals surface area contributed by atoms with Crippen molar-refractivity contribution in [3.63, 3.8) is 0 Å². The largest absolute Gasteiger partial charge is 0.476 e. The lowest BCUT2D eigenvalue weighted by Gasteiger charge is -2.12. The molecule has 1 aromatic carbocycles. The predicted molar refractivity (Wildman–Crippen MR) is 71.1 cm³/mol. The number of rotatable bonds is 4. The molecule has 2 rings (SSSR count). The highest BCUT2D eigenvalue weighted by molar-refractivity contribution is 5.85. The predicted octanol–water partition coefficient (Wildman–Crippen LogP) is 3.97. The van der Waals surface area contributed by atoms with Gasteiger partial charge in [-0.25, -0.2) is 4.79 Å². The highest BCUT2D eigenvalue weighted by Crippen LogP contribution is 2.31. The van der Waals surface area contributed by atoms with E-state index in [2.05, 4.69) is 4.98 Å². The Kier molecular flexibility index (Phi) is 4.11. The van der Waals surface area contributed by atoms with Crippen LogP contribution >= 0.6 is 0 Å². The van der Waals surface area contributed by atoms with E-state index >= 15 is 0 Å². The number of imidazole rings is 1. The summed E-state index contributed by atoms with van der Waals surface area (Å²) in [4.78, 5) is 14.8. The van der Waals surface area contributed by atoms with Crippen molar-refractivity contribution in [3.8, 4) is 11.8 Å². The molecule has 0 spiro atoms. The van der Waals surface area contributed by atoms with Crippen LogP contribution in [0.3, 0.4) is 0 Å². The van der Waals surface area contributed by atoms with Gasteiger partial charge in [0.1, 0.15) is 5.75 Å². The Labute approximate surface area is 124 Å². The topological polar surface area (TPSA) is 64.4 Å². The molecular formula is C14H13F3N2O3. The maximum absolute atomic E-state index is 12.5. The molecule has 5 nitrogen and oxygen atoms in total. The fourth-order valence-electron chi connectivity index (χ4n) is 1.74. The van der Waals surface area contributed by atoms with Gasteiger partial charge in [0.25, 0.3) is 0 Å². The number of hydrogen-bond donors (Lipinski definition) is 1. The molecule has 0 saturated carbocycles. The summed E-state index contributed by atoms with van der Waals surface area (Å²) >= 11 is 0. The van der Waals surface area contributed by atoms with Gasteiger partial charge in [-0.3, -0.25) is 4.57 Å². The van der Waals surface area contributed by atoms with Crippen molar-refractivity contribution in [2.75, 3.05) is 0 Å². The molecule has 0 atom stereocenters. The average molecular weight is 314 g/mol. The number of carboxylic acid groups (broad SMARTS) is 1. The van der Waals surface area contributed by atoms with Crippen molar-refractivity contribution in [1.29, 1.82) is 0 Å². The number of nitrogens with zero attached hydrogens (tertiary/aromatic N) is 2. The quantitative estimate of drug-likeness (QED) is 0.927. The number of halogens is 3. The van der Waals surface area contributed by atoms with E-state index in [9.17, 15) is 18.0 Å². The van der Waals surface area contributed by atoms with Gasteiger partial charge in [0.15, 0.2) is 5.69 Å². The van der Waals surface area contributed by atoms with Gasteiger partial charge in [0.05, 0.1) is 5.56 Å². The molecule has 1 N–H and O–H groups in total. The molecule has 0 unspecified atom stereocenters. The minimum Gasteiger partial charge on any atom is -0.476 e. The molecular weight excluding hydrogens is 301 g/mol. The molecule has 0 bridgehead atoms. The number of aromatic carboxylic acids is 1. The molecule has 0 saturated heterocycles. The van der Waals surface area contributed by atoms with E-state index in [1.807, 2.05) is 0 Å². The third kappa shape index (κ3) is 3.38. The van der Waals surface area contributed by atoms with Crippen LogP contribution in [0.4, 0.5) is 13.2 Å². The number of ether oxygens (including phenoxy) is 1. The van der Waals surface area contributed by atoms with Gasteiger partial charge in [-0.1, -0.05) is 0 Å². The van der Waals surface area contributed by atoms with Crippen LogP contribution in [0.15, 0.2) is 30.5 Å². The zero-order valence-corrected chi connectivity index (χ0v) is 11.8. The number of alkyl halides is 3. The summed E-state index contributed by atoms with van der Waals surface area (Å²) in [6.45, 7) is 3.60. The fourth-order valence-corrected chi connectivity index (χ4v) is 1.74. The van der Waals surface area contributed by atoms with Crippen molar-refractivity contribution < 1.29 is 27.8 Å². The van der Waals surface area contributed by atoms with Gasteiger partial charge >= 0.3 is 18.2 Å². The first-order chi connectivity index (χ1) is 10.2. The molecule has 0 amide bonds. The minimum atomic E-state index is -4.43. The molecule has 118 valence electrons. The SMILES string of the molecule is CC(C)n1cc(C(=O)O)nc1Oc1ccc(C(F)(F)F)cc1. The van der Waals surface area contributed by atoms with Crippen LogP contribution in [0.2, 0.25) is 0 Å². The smallest absolute Gasteiger partial charge is 0.416 e. The molecule has 0 radical (unpaired) electrons.